The lowest BCUT2D eigenvalue weighted by molar-refractivity contribution is -0.151. The Morgan fingerprint density at radius 3 is 2.90 bits per heavy atom. The van der Waals surface area contributed by atoms with Crippen LogP contribution in [0.4, 0.5) is 5.69 Å². The zero-order valence-corrected chi connectivity index (χ0v) is 11.8. The molecule has 3 rings (SSSR count). The van der Waals surface area contributed by atoms with Gasteiger partial charge in [-0.05, 0) is 12.8 Å². The quantitative estimate of drug-likeness (QED) is 0.752. The van der Waals surface area contributed by atoms with Crippen molar-refractivity contribution >= 4 is 17.6 Å². The number of aromatic nitrogens is 2. The molecule has 1 aliphatic heterocycles. The fraction of sp³-hybridized carbons (Fsp3) is 0.615. The number of nitrogen functional groups attached to an aromatic ring is 1. The molecule has 0 bridgehead atoms. The first-order valence-electron chi connectivity index (χ1n) is 6.93. The highest BCUT2D eigenvalue weighted by molar-refractivity contribution is 5.99. The van der Waals surface area contributed by atoms with Gasteiger partial charge in [0.25, 0.3) is 5.91 Å². The minimum Gasteiger partial charge on any atom is -0.467 e. The van der Waals surface area contributed by atoms with Gasteiger partial charge in [0, 0.05) is 12.5 Å². The summed E-state index contributed by atoms with van der Waals surface area (Å²) in [5.74, 6) is -0.492. The van der Waals surface area contributed by atoms with E-state index in [4.69, 9.17) is 15.2 Å². The molecule has 1 saturated carbocycles. The molecule has 1 unspecified atom stereocenters. The van der Waals surface area contributed by atoms with E-state index in [1.165, 1.54) is 12.0 Å². The van der Waals surface area contributed by atoms with Crippen LogP contribution in [-0.2, 0) is 14.3 Å². The van der Waals surface area contributed by atoms with E-state index in [-0.39, 0.29) is 18.2 Å². The molecule has 8 nitrogen and oxygen atoms in total. The van der Waals surface area contributed by atoms with Gasteiger partial charge in [-0.3, -0.25) is 9.89 Å². The standard InChI is InChI=1S/C13H18N4O4/c1-20-13(19)8-6-21-5-4-17(8)12(18)11-9(14)10(15-16-11)7-2-3-7/h7-8H,2-6,14H2,1H3,(H,15,16). The van der Waals surface area contributed by atoms with Crippen molar-refractivity contribution in [2.24, 2.45) is 0 Å². The Balaban J connectivity index is 1.84. The maximum atomic E-state index is 12.6. The third-order valence-electron chi connectivity index (χ3n) is 3.88. The van der Waals surface area contributed by atoms with Crippen molar-refractivity contribution in [2.45, 2.75) is 24.8 Å². The number of morpholine rings is 1. The van der Waals surface area contributed by atoms with Crippen molar-refractivity contribution in [3.8, 4) is 0 Å². The largest absolute Gasteiger partial charge is 0.467 e. The number of rotatable bonds is 3. The lowest BCUT2D eigenvalue weighted by Crippen LogP contribution is -2.53. The van der Waals surface area contributed by atoms with E-state index in [1.807, 2.05) is 0 Å². The number of carbonyl (C=O) groups is 2. The molecule has 0 spiro atoms. The van der Waals surface area contributed by atoms with Crippen LogP contribution in [0.2, 0.25) is 0 Å². The van der Waals surface area contributed by atoms with Crippen LogP contribution in [0.1, 0.15) is 34.9 Å². The molecule has 8 heteroatoms. The predicted octanol–water partition coefficient (Wildman–Crippen LogP) is -0.117. The number of aromatic amines is 1. The van der Waals surface area contributed by atoms with Gasteiger partial charge in [-0.2, -0.15) is 5.10 Å². The Bertz CT molecular complexity index is 567. The molecule has 1 saturated heterocycles. The van der Waals surface area contributed by atoms with Crippen molar-refractivity contribution in [1.82, 2.24) is 15.1 Å². The molecule has 3 N–H and O–H groups in total. The number of methoxy groups -OCH3 is 1. The van der Waals surface area contributed by atoms with Gasteiger partial charge in [0.15, 0.2) is 11.7 Å². The Morgan fingerprint density at radius 2 is 2.24 bits per heavy atom. The van der Waals surface area contributed by atoms with Gasteiger partial charge >= 0.3 is 5.97 Å². The van der Waals surface area contributed by atoms with E-state index in [0.29, 0.717) is 24.8 Å². The highest BCUT2D eigenvalue weighted by Gasteiger charge is 2.37. The number of esters is 1. The fourth-order valence-corrected chi connectivity index (χ4v) is 2.52. The average Bonchev–Trinajstić information content (AvgIpc) is 3.28. The number of nitrogens with two attached hydrogens (primary N) is 1. The van der Waals surface area contributed by atoms with Crippen molar-refractivity contribution in [1.29, 1.82) is 0 Å². The fourth-order valence-electron chi connectivity index (χ4n) is 2.52. The van der Waals surface area contributed by atoms with Crippen LogP contribution < -0.4 is 5.73 Å². The number of nitrogens with one attached hydrogen (secondary N) is 1. The number of nitrogens with zero attached hydrogens (tertiary/aromatic N) is 2. The van der Waals surface area contributed by atoms with Crippen LogP contribution in [-0.4, -0.2) is 59.9 Å². The number of anilines is 1. The highest BCUT2D eigenvalue weighted by Crippen LogP contribution is 2.42. The summed E-state index contributed by atoms with van der Waals surface area (Å²) in [6, 6.07) is -0.753. The maximum absolute atomic E-state index is 12.6. The first kappa shape index (κ1) is 13.9. The highest BCUT2D eigenvalue weighted by atomic mass is 16.5. The van der Waals surface area contributed by atoms with Crippen molar-refractivity contribution in [2.75, 3.05) is 32.6 Å². The van der Waals surface area contributed by atoms with Gasteiger partial charge in [0.1, 0.15) is 0 Å². The second-order valence-electron chi connectivity index (χ2n) is 5.29. The van der Waals surface area contributed by atoms with Crippen LogP contribution in [0.3, 0.4) is 0 Å². The van der Waals surface area contributed by atoms with Crippen LogP contribution >= 0.6 is 0 Å². The zero-order valence-electron chi connectivity index (χ0n) is 11.8. The summed E-state index contributed by atoms with van der Waals surface area (Å²) in [6.45, 7) is 0.806. The van der Waals surface area contributed by atoms with E-state index in [0.717, 1.165) is 18.5 Å². The summed E-state index contributed by atoms with van der Waals surface area (Å²) < 4.78 is 9.97. The van der Waals surface area contributed by atoms with E-state index >= 15 is 0 Å². The molecule has 1 atom stereocenters. The topological polar surface area (TPSA) is 111 Å². The van der Waals surface area contributed by atoms with Crippen LogP contribution in [0.25, 0.3) is 0 Å². The lowest BCUT2D eigenvalue weighted by Gasteiger charge is -2.33. The number of amides is 1. The Kier molecular flexibility index (Phi) is 3.54. The molecule has 1 aromatic rings. The molecule has 0 radical (unpaired) electrons. The summed E-state index contributed by atoms with van der Waals surface area (Å²) in [7, 11) is 1.29. The summed E-state index contributed by atoms with van der Waals surface area (Å²) in [5, 5.41) is 6.88. The SMILES string of the molecule is COC(=O)C1COCCN1C(=O)c1n[nH]c(C2CC2)c1N. The van der Waals surface area contributed by atoms with Gasteiger partial charge < -0.3 is 20.1 Å². The molecule has 21 heavy (non-hydrogen) atoms. The summed E-state index contributed by atoms with van der Waals surface area (Å²) in [5.41, 5.74) is 7.40. The predicted molar refractivity (Wildman–Crippen MR) is 72.6 cm³/mol. The third-order valence-corrected chi connectivity index (χ3v) is 3.88. The maximum Gasteiger partial charge on any atom is 0.331 e. The second-order valence-corrected chi connectivity index (χ2v) is 5.29. The van der Waals surface area contributed by atoms with Gasteiger partial charge in [-0.1, -0.05) is 0 Å². The number of hydrogen-bond donors (Lipinski definition) is 2. The molecule has 2 heterocycles. The van der Waals surface area contributed by atoms with Gasteiger partial charge in [-0.15, -0.1) is 0 Å². The normalized spacial score (nSPS) is 22.1. The monoisotopic (exact) mass is 294 g/mol. The van der Waals surface area contributed by atoms with Crippen LogP contribution in [0, 0.1) is 0 Å². The first-order chi connectivity index (χ1) is 10.1. The number of carbonyl (C=O) groups excluding carboxylic acids is 2. The molecule has 2 aliphatic rings. The average molecular weight is 294 g/mol. The second kappa shape index (κ2) is 5.36. The number of H-pyrrole nitrogens is 1. The van der Waals surface area contributed by atoms with E-state index in [2.05, 4.69) is 10.2 Å². The minimum atomic E-state index is -0.753. The van der Waals surface area contributed by atoms with Crippen molar-refractivity contribution in [3.63, 3.8) is 0 Å². The van der Waals surface area contributed by atoms with Gasteiger partial charge in [0.2, 0.25) is 0 Å². The Morgan fingerprint density at radius 1 is 1.48 bits per heavy atom. The smallest absolute Gasteiger partial charge is 0.331 e. The van der Waals surface area contributed by atoms with Gasteiger partial charge in [-0.25, -0.2) is 4.79 Å². The van der Waals surface area contributed by atoms with E-state index < -0.39 is 12.0 Å². The molecular formula is C13H18N4O4. The minimum absolute atomic E-state index is 0.123. The molecule has 114 valence electrons. The van der Waals surface area contributed by atoms with E-state index in [1.54, 1.807) is 0 Å². The van der Waals surface area contributed by atoms with Crippen molar-refractivity contribution < 1.29 is 19.1 Å². The molecule has 1 aromatic heterocycles. The molecule has 1 aliphatic carbocycles. The third kappa shape index (κ3) is 2.46. The van der Waals surface area contributed by atoms with E-state index in [9.17, 15) is 9.59 Å². The number of hydrogen-bond acceptors (Lipinski definition) is 6. The Labute approximate surface area is 121 Å². The Hall–Kier alpha value is -2.09. The molecular weight excluding hydrogens is 276 g/mol. The first-order valence-corrected chi connectivity index (χ1v) is 6.93. The van der Waals surface area contributed by atoms with Crippen LogP contribution in [0.15, 0.2) is 0 Å². The zero-order chi connectivity index (χ0) is 15.0. The number of ether oxygens (including phenoxy) is 2. The summed E-state index contributed by atoms with van der Waals surface area (Å²) >= 11 is 0. The lowest BCUT2D eigenvalue weighted by atomic mass is 10.1. The molecule has 0 aromatic carbocycles. The molecule has 2 fully saturated rings. The summed E-state index contributed by atoms with van der Waals surface area (Å²) in [6.07, 6.45) is 2.12. The van der Waals surface area contributed by atoms with Crippen molar-refractivity contribution in [3.05, 3.63) is 11.4 Å². The molecule has 1 amide bonds. The van der Waals surface area contributed by atoms with Crippen LogP contribution in [0.5, 0.6) is 0 Å². The summed E-state index contributed by atoms with van der Waals surface area (Å²) in [4.78, 5) is 25.8. The van der Waals surface area contributed by atoms with Gasteiger partial charge in [0.05, 0.1) is 31.7 Å².